The van der Waals surface area contributed by atoms with Crippen LogP contribution in [0.2, 0.25) is 0 Å². The summed E-state index contributed by atoms with van der Waals surface area (Å²) in [6.07, 6.45) is 1.50. The molecule has 3 nitrogen and oxygen atoms in total. The summed E-state index contributed by atoms with van der Waals surface area (Å²) in [7, 11) is 0. The molecule has 0 fully saturated rings. The van der Waals surface area contributed by atoms with Crippen molar-refractivity contribution in [2.24, 2.45) is 0 Å². The van der Waals surface area contributed by atoms with Gasteiger partial charge in [0.15, 0.2) is 0 Å². The molecule has 5 heteroatoms. The van der Waals surface area contributed by atoms with Crippen LogP contribution in [0, 0.1) is 6.92 Å². The standard InChI is InChI=1S/C10H8O3S.C3H5.Zn/c11-14(12)13-10-7-3-5-8-4-1-2-6-9(8)10;1-3-2;/h1-7H,(H,11,12);3H,1-2H2;/q;-1;+2/p-1. The van der Waals surface area contributed by atoms with Gasteiger partial charge in [-0.25, -0.2) is 23.8 Å². The Hall–Kier alpha value is -1.16. The summed E-state index contributed by atoms with van der Waals surface area (Å²) in [4.78, 5) is 0. The summed E-state index contributed by atoms with van der Waals surface area (Å²) in [6, 6.07) is 12.7. The quantitative estimate of drug-likeness (QED) is 0.486. The number of rotatable bonds is 2. The fraction of sp³-hybridized carbons (Fsp3) is 0. The average molecular weight is 314 g/mol. The number of hydrogen-bond acceptors (Lipinski definition) is 3. The minimum absolute atomic E-state index is 0. The average Bonchev–Trinajstić information content (AvgIpc) is 2.30. The van der Waals surface area contributed by atoms with Gasteiger partial charge in [-0.2, -0.15) is 0 Å². The second-order valence-electron chi connectivity index (χ2n) is 3.05. The zero-order valence-electron chi connectivity index (χ0n) is 9.87. The molecular formula is C13H12O3SZn. The van der Waals surface area contributed by atoms with Gasteiger partial charge >= 0.3 is 19.5 Å². The Kier molecular flexibility index (Phi) is 8.30. The minimum atomic E-state index is -2.52. The zero-order chi connectivity index (χ0) is 12.7. The maximum Gasteiger partial charge on any atom is 2.00 e. The van der Waals surface area contributed by atoms with E-state index in [4.69, 9.17) is 0 Å². The molecule has 90 valence electrons. The van der Waals surface area contributed by atoms with E-state index in [1.807, 2.05) is 30.3 Å². The Labute approximate surface area is 122 Å². The summed E-state index contributed by atoms with van der Waals surface area (Å²) >= 11 is -2.52. The second-order valence-corrected chi connectivity index (χ2v) is 3.63. The number of fused-ring (bicyclic) bond motifs is 1. The van der Waals surface area contributed by atoms with Crippen molar-refractivity contribution in [1.82, 2.24) is 0 Å². The first-order valence-electron chi connectivity index (χ1n) is 4.84. The van der Waals surface area contributed by atoms with Gasteiger partial charge < -0.3 is 8.74 Å². The van der Waals surface area contributed by atoms with E-state index in [1.165, 1.54) is 6.08 Å². The number of benzene rings is 2. The molecule has 2 rings (SSSR count). The normalized spacial score (nSPS) is 10.5. The maximum atomic E-state index is 10.4. The fourth-order valence-electron chi connectivity index (χ4n) is 1.34. The van der Waals surface area contributed by atoms with Crippen LogP contribution in [-0.4, -0.2) is 8.76 Å². The van der Waals surface area contributed by atoms with Gasteiger partial charge in [0.25, 0.3) is 0 Å². The van der Waals surface area contributed by atoms with Gasteiger partial charge in [-0.05, 0) is 11.5 Å². The van der Waals surface area contributed by atoms with Crippen molar-refractivity contribution in [3.63, 3.8) is 0 Å². The molecule has 1 atom stereocenters. The largest absolute Gasteiger partial charge is 2.00 e. The van der Waals surface area contributed by atoms with Crippen LogP contribution in [0.3, 0.4) is 0 Å². The minimum Gasteiger partial charge on any atom is -0.740 e. The van der Waals surface area contributed by atoms with Crippen LogP contribution >= 0.6 is 0 Å². The Morgan fingerprint density at radius 3 is 2.39 bits per heavy atom. The molecular weight excluding hydrogens is 302 g/mol. The van der Waals surface area contributed by atoms with Crippen molar-refractivity contribution in [2.75, 3.05) is 0 Å². The van der Waals surface area contributed by atoms with E-state index < -0.39 is 11.4 Å². The van der Waals surface area contributed by atoms with E-state index >= 15 is 0 Å². The third-order valence-electron chi connectivity index (χ3n) is 1.91. The fourth-order valence-corrected chi connectivity index (χ4v) is 1.63. The number of hydrogen-bond donors (Lipinski definition) is 0. The van der Waals surface area contributed by atoms with Crippen LogP contribution in [0.4, 0.5) is 0 Å². The molecule has 1 unspecified atom stereocenters. The molecule has 0 saturated heterocycles. The molecule has 0 heterocycles. The first-order valence-corrected chi connectivity index (χ1v) is 5.84. The van der Waals surface area contributed by atoms with Crippen molar-refractivity contribution in [3.05, 3.63) is 62.0 Å². The predicted molar refractivity (Wildman–Crippen MR) is 69.0 cm³/mol. The molecule has 0 spiro atoms. The van der Waals surface area contributed by atoms with E-state index in [0.29, 0.717) is 5.75 Å². The molecule has 0 aromatic heterocycles. The van der Waals surface area contributed by atoms with Crippen LogP contribution in [0.1, 0.15) is 0 Å². The van der Waals surface area contributed by atoms with Gasteiger partial charge in [0, 0.05) is 5.39 Å². The van der Waals surface area contributed by atoms with Gasteiger partial charge in [0.1, 0.15) is 17.1 Å². The summed E-state index contributed by atoms with van der Waals surface area (Å²) in [5.41, 5.74) is 0. The van der Waals surface area contributed by atoms with E-state index in [0.717, 1.165) is 10.8 Å². The van der Waals surface area contributed by atoms with Gasteiger partial charge in [-0.15, -0.1) is 0 Å². The molecule has 0 N–H and O–H groups in total. The Morgan fingerprint density at radius 2 is 1.78 bits per heavy atom. The van der Waals surface area contributed by atoms with Crippen molar-refractivity contribution >= 4 is 22.1 Å². The van der Waals surface area contributed by atoms with Gasteiger partial charge in [-0.3, -0.25) is 0 Å². The molecule has 0 aliphatic heterocycles. The molecule has 2 aromatic carbocycles. The van der Waals surface area contributed by atoms with Crippen LogP contribution in [0.15, 0.2) is 55.1 Å². The first-order chi connectivity index (χ1) is 8.19. The van der Waals surface area contributed by atoms with Gasteiger partial charge in [0.2, 0.25) is 0 Å². The topological polar surface area (TPSA) is 49.4 Å². The summed E-state index contributed by atoms with van der Waals surface area (Å²) in [5.74, 6) is 0.358. The SMILES string of the molecule is C=C[CH2-].O=S([O-])Oc1cccc2ccccc12.[Zn+2]. The number of allylic oxidation sites excluding steroid dienone is 1. The summed E-state index contributed by atoms with van der Waals surface area (Å²) in [5, 5.41) is 1.75. The van der Waals surface area contributed by atoms with Crippen LogP contribution < -0.4 is 4.18 Å². The monoisotopic (exact) mass is 312 g/mol. The van der Waals surface area contributed by atoms with Gasteiger partial charge in [0.05, 0.1) is 0 Å². The van der Waals surface area contributed by atoms with Crippen molar-refractivity contribution < 1.29 is 32.4 Å². The third kappa shape index (κ3) is 5.00. The van der Waals surface area contributed by atoms with E-state index in [2.05, 4.69) is 17.7 Å². The smallest absolute Gasteiger partial charge is 0.740 e. The van der Waals surface area contributed by atoms with E-state index in [1.54, 1.807) is 12.1 Å². The first kappa shape index (κ1) is 16.8. The maximum absolute atomic E-state index is 10.4. The van der Waals surface area contributed by atoms with Gasteiger partial charge in [-0.1, -0.05) is 36.4 Å². The van der Waals surface area contributed by atoms with Crippen molar-refractivity contribution in [3.8, 4) is 5.75 Å². The molecule has 0 amide bonds. The van der Waals surface area contributed by atoms with Crippen LogP contribution in [0.5, 0.6) is 5.75 Å². The summed E-state index contributed by atoms with van der Waals surface area (Å²) in [6.45, 7) is 6.50. The Balaban J connectivity index is 0.000000660. The van der Waals surface area contributed by atoms with E-state index in [9.17, 15) is 8.76 Å². The van der Waals surface area contributed by atoms with Crippen LogP contribution in [0.25, 0.3) is 10.8 Å². The third-order valence-corrected chi connectivity index (χ3v) is 2.22. The molecule has 0 saturated carbocycles. The van der Waals surface area contributed by atoms with Crippen LogP contribution in [-0.2, 0) is 30.8 Å². The van der Waals surface area contributed by atoms with Crippen molar-refractivity contribution in [2.45, 2.75) is 0 Å². The zero-order valence-corrected chi connectivity index (χ0v) is 13.7. The molecule has 0 radical (unpaired) electrons. The predicted octanol–water partition coefficient (Wildman–Crippen LogP) is 3.02. The molecule has 0 aliphatic carbocycles. The van der Waals surface area contributed by atoms with Crippen molar-refractivity contribution in [1.29, 1.82) is 0 Å². The summed E-state index contributed by atoms with van der Waals surface area (Å²) < 4.78 is 25.4. The molecule has 18 heavy (non-hydrogen) atoms. The Morgan fingerprint density at radius 1 is 1.22 bits per heavy atom. The molecule has 0 aliphatic rings. The van der Waals surface area contributed by atoms with E-state index in [-0.39, 0.29) is 19.5 Å². The molecule has 0 bridgehead atoms. The molecule has 2 aromatic rings. The second kappa shape index (κ2) is 8.87. The Bertz CT molecular complexity index is 523.